The van der Waals surface area contributed by atoms with Gasteiger partial charge in [0.15, 0.2) is 5.96 Å². The fourth-order valence-corrected chi connectivity index (χ4v) is 2.60. The Kier molecular flexibility index (Phi) is 9.99. The minimum absolute atomic E-state index is 0. The average molecular weight is 483 g/mol. The molecule has 148 valence electrons. The van der Waals surface area contributed by atoms with E-state index in [2.05, 4.69) is 40.7 Å². The maximum absolute atomic E-state index is 5.93. The van der Waals surface area contributed by atoms with Crippen LogP contribution in [0.25, 0.3) is 0 Å². The molecule has 0 bridgehead atoms. The Balaban J connectivity index is 0.00000364. The van der Waals surface area contributed by atoms with Gasteiger partial charge in [-0.1, -0.05) is 30.3 Å². The van der Waals surface area contributed by atoms with Crippen molar-refractivity contribution in [2.45, 2.75) is 40.0 Å². The Labute approximate surface area is 179 Å². The number of para-hydroxylation sites is 1. The molecule has 0 radical (unpaired) electrons. The zero-order valence-electron chi connectivity index (χ0n) is 16.7. The predicted molar refractivity (Wildman–Crippen MR) is 122 cm³/mol. The molecule has 0 amide bonds. The third-order valence-corrected chi connectivity index (χ3v) is 3.89. The molecule has 0 aliphatic rings. The molecule has 6 heteroatoms. The van der Waals surface area contributed by atoms with E-state index in [1.807, 2.05) is 38.1 Å². The molecule has 2 rings (SSSR count). The number of ether oxygens (including phenoxy) is 2. The molecule has 2 N–H and O–H groups in total. The van der Waals surface area contributed by atoms with Crippen LogP contribution in [0, 0.1) is 6.92 Å². The molecule has 0 saturated heterocycles. The fraction of sp³-hybridized carbons (Fsp3) is 0.381. The number of guanidine groups is 1. The normalized spacial score (nSPS) is 11.0. The molecule has 0 heterocycles. The summed E-state index contributed by atoms with van der Waals surface area (Å²) in [6, 6.07) is 14.2. The molecule has 0 aromatic heterocycles. The Morgan fingerprint density at radius 2 is 1.63 bits per heavy atom. The van der Waals surface area contributed by atoms with E-state index < -0.39 is 0 Å². The van der Waals surface area contributed by atoms with Crippen molar-refractivity contribution in [2.24, 2.45) is 4.99 Å². The predicted octanol–water partition coefficient (Wildman–Crippen LogP) is 4.27. The summed E-state index contributed by atoms with van der Waals surface area (Å²) in [6.45, 7) is 7.40. The number of hydrogen-bond donors (Lipinski definition) is 2. The zero-order valence-corrected chi connectivity index (χ0v) is 19.0. The summed E-state index contributed by atoms with van der Waals surface area (Å²) in [5, 5.41) is 6.66. The van der Waals surface area contributed by atoms with Crippen molar-refractivity contribution in [3.8, 4) is 11.5 Å². The molecule has 2 aromatic rings. The average Bonchev–Trinajstić information content (AvgIpc) is 2.63. The lowest BCUT2D eigenvalue weighted by molar-refractivity contribution is 0.239. The highest BCUT2D eigenvalue weighted by Gasteiger charge is 2.08. The summed E-state index contributed by atoms with van der Waals surface area (Å²) in [7, 11) is 3.44. The second-order valence-corrected chi connectivity index (χ2v) is 6.37. The standard InChI is InChI=1S/C21H29N3O2.HI/c1-15(2)26-20-12-16(3)10-11-18(20)14-24-21(22-4)23-13-17-8-6-7-9-19(17)25-5;/h6-12,15H,13-14H2,1-5H3,(H2,22,23,24);1H. The molecule has 0 saturated carbocycles. The van der Waals surface area contributed by atoms with Crippen LogP contribution in [-0.4, -0.2) is 26.2 Å². The van der Waals surface area contributed by atoms with Crippen LogP contribution in [0.4, 0.5) is 0 Å². The highest BCUT2D eigenvalue weighted by atomic mass is 127. The van der Waals surface area contributed by atoms with Gasteiger partial charge < -0.3 is 20.1 Å². The van der Waals surface area contributed by atoms with Gasteiger partial charge in [-0.2, -0.15) is 0 Å². The topological polar surface area (TPSA) is 54.9 Å². The molecule has 0 spiro atoms. The molecule has 2 aromatic carbocycles. The molecule has 0 fully saturated rings. The summed E-state index contributed by atoms with van der Waals surface area (Å²) in [6.07, 6.45) is 0.138. The fourth-order valence-electron chi connectivity index (χ4n) is 2.60. The van der Waals surface area contributed by atoms with Crippen molar-refractivity contribution in [2.75, 3.05) is 14.2 Å². The quantitative estimate of drug-likeness (QED) is 0.351. The van der Waals surface area contributed by atoms with Crippen molar-refractivity contribution in [3.63, 3.8) is 0 Å². The second kappa shape index (κ2) is 11.7. The van der Waals surface area contributed by atoms with Crippen LogP contribution in [0.5, 0.6) is 11.5 Å². The molecule has 0 aliphatic heterocycles. The molecular weight excluding hydrogens is 453 g/mol. The number of aryl methyl sites for hydroxylation is 1. The SMILES string of the molecule is CN=C(NCc1ccccc1OC)NCc1ccc(C)cc1OC(C)C.I. The largest absolute Gasteiger partial charge is 0.496 e. The van der Waals surface area contributed by atoms with Gasteiger partial charge in [0.25, 0.3) is 0 Å². The number of aliphatic imine (C=N–C) groups is 1. The number of nitrogens with one attached hydrogen (secondary N) is 2. The van der Waals surface area contributed by atoms with Crippen LogP contribution in [0.3, 0.4) is 0 Å². The Bertz CT molecular complexity index is 748. The lowest BCUT2D eigenvalue weighted by atomic mass is 10.1. The Hall–Kier alpha value is -1.96. The zero-order chi connectivity index (χ0) is 18.9. The first-order chi connectivity index (χ1) is 12.5. The summed E-state index contributed by atoms with van der Waals surface area (Å²) < 4.78 is 11.3. The van der Waals surface area contributed by atoms with Gasteiger partial charge in [0, 0.05) is 31.3 Å². The minimum Gasteiger partial charge on any atom is -0.496 e. The summed E-state index contributed by atoms with van der Waals surface area (Å²) in [5.41, 5.74) is 3.37. The Morgan fingerprint density at radius 1 is 1.00 bits per heavy atom. The van der Waals surface area contributed by atoms with Crippen molar-refractivity contribution in [3.05, 3.63) is 59.2 Å². The lowest BCUT2D eigenvalue weighted by Gasteiger charge is -2.17. The van der Waals surface area contributed by atoms with Crippen LogP contribution in [-0.2, 0) is 13.1 Å². The van der Waals surface area contributed by atoms with Gasteiger partial charge in [-0.15, -0.1) is 24.0 Å². The van der Waals surface area contributed by atoms with Gasteiger partial charge in [0.2, 0.25) is 0 Å². The lowest BCUT2D eigenvalue weighted by Crippen LogP contribution is -2.36. The van der Waals surface area contributed by atoms with Crippen LogP contribution in [0.1, 0.15) is 30.5 Å². The van der Waals surface area contributed by atoms with E-state index in [4.69, 9.17) is 9.47 Å². The highest BCUT2D eigenvalue weighted by molar-refractivity contribution is 14.0. The van der Waals surface area contributed by atoms with Gasteiger partial charge >= 0.3 is 0 Å². The van der Waals surface area contributed by atoms with Gasteiger partial charge in [0.1, 0.15) is 11.5 Å². The van der Waals surface area contributed by atoms with E-state index in [0.29, 0.717) is 13.1 Å². The number of methoxy groups -OCH3 is 1. The van der Waals surface area contributed by atoms with Gasteiger partial charge in [-0.3, -0.25) is 4.99 Å². The third kappa shape index (κ3) is 7.28. The van der Waals surface area contributed by atoms with Crippen LogP contribution in [0.2, 0.25) is 0 Å². The van der Waals surface area contributed by atoms with E-state index in [-0.39, 0.29) is 30.1 Å². The van der Waals surface area contributed by atoms with Crippen molar-refractivity contribution in [1.82, 2.24) is 10.6 Å². The van der Waals surface area contributed by atoms with E-state index in [1.54, 1.807) is 14.2 Å². The van der Waals surface area contributed by atoms with Gasteiger partial charge in [0.05, 0.1) is 13.2 Å². The Morgan fingerprint density at radius 3 is 2.22 bits per heavy atom. The summed E-state index contributed by atoms with van der Waals surface area (Å²) in [5.74, 6) is 2.50. The maximum Gasteiger partial charge on any atom is 0.191 e. The first kappa shape index (κ1) is 23.1. The number of rotatable bonds is 7. The monoisotopic (exact) mass is 483 g/mol. The van der Waals surface area contributed by atoms with E-state index in [1.165, 1.54) is 5.56 Å². The number of hydrogen-bond acceptors (Lipinski definition) is 3. The summed E-state index contributed by atoms with van der Waals surface area (Å²) in [4.78, 5) is 4.29. The maximum atomic E-state index is 5.93. The van der Waals surface area contributed by atoms with Gasteiger partial charge in [-0.25, -0.2) is 0 Å². The van der Waals surface area contributed by atoms with E-state index in [0.717, 1.165) is 28.6 Å². The molecule has 0 atom stereocenters. The minimum atomic E-state index is 0. The van der Waals surface area contributed by atoms with Crippen molar-refractivity contribution < 1.29 is 9.47 Å². The number of benzene rings is 2. The first-order valence-electron chi connectivity index (χ1n) is 8.86. The molecular formula is C21H30IN3O2. The van der Waals surface area contributed by atoms with Crippen LogP contribution >= 0.6 is 24.0 Å². The van der Waals surface area contributed by atoms with Crippen LogP contribution in [0.15, 0.2) is 47.5 Å². The summed E-state index contributed by atoms with van der Waals surface area (Å²) >= 11 is 0. The van der Waals surface area contributed by atoms with Crippen LogP contribution < -0.4 is 20.1 Å². The van der Waals surface area contributed by atoms with Gasteiger partial charge in [-0.05, 0) is 38.5 Å². The third-order valence-electron chi connectivity index (χ3n) is 3.89. The molecule has 0 unspecified atom stereocenters. The van der Waals surface area contributed by atoms with E-state index in [9.17, 15) is 0 Å². The highest BCUT2D eigenvalue weighted by Crippen LogP contribution is 2.21. The molecule has 5 nitrogen and oxygen atoms in total. The smallest absolute Gasteiger partial charge is 0.191 e. The van der Waals surface area contributed by atoms with Crippen molar-refractivity contribution in [1.29, 1.82) is 0 Å². The number of nitrogens with zero attached hydrogens (tertiary/aromatic N) is 1. The second-order valence-electron chi connectivity index (χ2n) is 6.37. The van der Waals surface area contributed by atoms with Crippen molar-refractivity contribution >= 4 is 29.9 Å². The molecule has 27 heavy (non-hydrogen) atoms. The first-order valence-corrected chi connectivity index (χ1v) is 8.86. The molecule has 0 aliphatic carbocycles. The van der Waals surface area contributed by atoms with E-state index >= 15 is 0 Å². The number of halogens is 1.